The van der Waals surface area contributed by atoms with E-state index in [4.69, 9.17) is 11.6 Å². The van der Waals surface area contributed by atoms with Gasteiger partial charge in [0, 0.05) is 7.05 Å². The fraction of sp³-hybridized carbons (Fsp3) is 0.111. The standard InChI is InChI=1S/C9H7ClN2O/c1-12-5-11-7-4-2-3-6(10)8(7)9(12)13/h2-5H,1H3. The number of halogens is 1. The highest BCUT2D eigenvalue weighted by molar-refractivity contribution is 6.35. The zero-order valence-corrected chi connectivity index (χ0v) is 7.75. The number of rotatable bonds is 0. The lowest BCUT2D eigenvalue weighted by atomic mass is 10.2. The van der Waals surface area contributed by atoms with Crippen molar-refractivity contribution in [2.75, 3.05) is 0 Å². The van der Waals surface area contributed by atoms with Gasteiger partial charge in [-0.2, -0.15) is 0 Å². The van der Waals surface area contributed by atoms with Crippen molar-refractivity contribution in [3.8, 4) is 0 Å². The van der Waals surface area contributed by atoms with E-state index in [9.17, 15) is 4.79 Å². The molecule has 1 aromatic carbocycles. The molecule has 0 spiro atoms. The van der Waals surface area contributed by atoms with Crippen LogP contribution in [0.1, 0.15) is 0 Å². The van der Waals surface area contributed by atoms with Crippen LogP contribution in [0.2, 0.25) is 5.02 Å². The lowest BCUT2D eigenvalue weighted by molar-refractivity contribution is 0.843. The van der Waals surface area contributed by atoms with Crippen LogP contribution in [0, 0.1) is 0 Å². The lowest BCUT2D eigenvalue weighted by Gasteiger charge is -2.00. The van der Waals surface area contributed by atoms with Crippen molar-refractivity contribution in [3.63, 3.8) is 0 Å². The van der Waals surface area contributed by atoms with Crippen molar-refractivity contribution in [1.82, 2.24) is 9.55 Å². The number of benzene rings is 1. The van der Waals surface area contributed by atoms with Crippen LogP contribution in [0.15, 0.2) is 29.3 Å². The monoisotopic (exact) mass is 194 g/mol. The molecular formula is C9H7ClN2O. The first-order valence-electron chi connectivity index (χ1n) is 3.80. The first kappa shape index (κ1) is 8.26. The molecule has 0 saturated carbocycles. The molecule has 0 amide bonds. The van der Waals surface area contributed by atoms with Gasteiger partial charge in [0.15, 0.2) is 0 Å². The quantitative estimate of drug-likeness (QED) is 0.639. The summed E-state index contributed by atoms with van der Waals surface area (Å²) in [5.74, 6) is 0. The smallest absolute Gasteiger partial charge is 0.262 e. The molecule has 0 aliphatic carbocycles. The van der Waals surface area contributed by atoms with Crippen LogP contribution in [0.5, 0.6) is 0 Å². The molecule has 0 saturated heterocycles. The summed E-state index contributed by atoms with van der Waals surface area (Å²) in [7, 11) is 1.65. The van der Waals surface area contributed by atoms with Crippen LogP contribution in [-0.2, 0) is 7.05 Å². The second-order valence-electron chi connectivity index (χ2n) is 2.79. The van der Waals surface area contributed by atoms with Crippen molar-refractivity contribution >= 4 is 22.5 Å². The van der Waals surface area contributed by atoms with E-state index < -0.39 is 0 Å². The molecule has 0 unspecified atom stereocenters. The Labute approximate surface area is 79.6 Å². The molecule has 1 heterocycles. The van der Waals surface area contributed by atoms with E-state index in [1.807, 2.05) is 0 Å². The van der Waals surface area contributed by atoms with Gasteiger partial charge >= 0.3 is 0 Å². The minimum absolute atomic E-state index is 0.115. The highest BCUT2D eigenvalue weighted by Gasteiger charge is 2.04. The zero-order valence-electron chi connectivity index (χ0n) is 6.99. The molecule has 0 N–H and O–H groups in total. The lowest BCUT2D eigenvalue weighted by Crippen LogP contribution is -2.17. The van der Waals surface area contributed by atoms with E-state index in [1.54, 1.807) is 25.2 Å². The van der Waals surface area contributed by atoms with E-state index in [0.29, 0.717) is 15.9 Å². The van der Waals surface area contributed by atoms with E-state index in [2.05, 4.69) is 4.98 Å². The Bertz CT molecular complexity index is 518. The van der Waals surface area contributed by atoms with Gasteiger partial charge in [-0.1, -0.05) is 17.7 Å². The van der Waals surface area contributed by atoms with Gasteiger partial charge in [-0.25, -0.2) is 4.98 Å². The number of hydrogen-bond acceptors (Lipinski definition) is 2. The van der Waals surface area contributed by atoms with E-state index in [-0.39, 0.29) is 5.56 Å². The molecule has 4 heteroatoms. The number of aromatic nitrogens is 2. The Morgan fingerprint density at radius 1 is 1.46 bits per heavy atom. The van der Waals surface area contributed by atoms with Crippen molar-refractivity contribution in [1.29, 1.82) is 0 Å². The fourth-order valence-corrected chi connectivity index (χ4v) is 1.46. The van der Waals surface area contributed by atoms with Gasteiger partial charge < -0.3 is 4.57 Å². The average molecular weight is 195 g/mol. The summed E-state index contributed by atoms with van der Waals surface area (Å²) >= 11 is 5.88. The molecule has 2 aromatic rings. The molecule has 66 valence electrons. The van der Waals surface area contributed by atoms with Gasteiger partial charge in [-0.05, 0) is 12.1 Å². The van der Waals surface area contributed by atoms with Gasteiger partial charge in [-0.3, -0.25) is 4.79 Å². The van der Waals surface area contributed by atoms with Gasteiger partial charge in [-0.15, -0.1) is 0 Å². The Kier molecular flexibility index (Phi) is 1.81. The van der Waals surface area contributed by atoms with E-state index >= 15 is 0 Å². The fourth-order valence-electron chi connectivity index (χ4n) is 1.21. The molecule has 0 fully saturated rings. The molecule has 2 rings (SSSR count). The number of nitrogens with zero attached hydrogens (tertiary/aromatic N) is 2. The van der Waals surface area contributed by atoms with Crippen LogP contribution >= 0.6 is 11.6 Å². The Hall–Kier alpha value is -1.35. The molecule has 1 aromatic heterocycles. The summed E-state index contributed by atoms with van der Waals surface area (Å²) in [6, 6.07) is 5.23. The van der Waals surface area contributed by atoms with Gasteiger partial charge in [0.05, 0.1) is 22.3 Å². The van der Waals surface area contributed by atoms with Crippen molar-refractivity contribution in [3.05, 3.63) is 39.9 Å². The van der Waals surface area contributed by atoms with Crippen LogP contribution in [0.25, 0.3) is 10.9 Å². The maximum atomic E-state index is 11.6. The molecule has 0 radical (unpaired) electrons. The Morgan fingerprint density at radius 2 is 2.23 bits per heavy atom. The van der Waals surface area contributed by atoms with Crippen molar-refractivity contribution in [2.24, 2.45) is 7.05 Å². The predicted octanol–water partition coefficient (Wildman–Crippen LogP) is 1.59. The summed E-state index contributed by atoms with van der Waals surface area (Å²) < 4.78 is 1.41. The van der Waals surface area contributed by atoms with Crippen LogP contribution in [0.3, 0.4) is 0 Å². The SMILES string of the molecule is Cn1cnc2cccc(Cl)c2c1=O. The third kappa shape index (κ3) is 1.21. The van der Waals surface area contributed by atoms with Gasteiger partial charge in [0.25, 0.3) is 5.56 Å². The van der Waals surface area contributed by atoms with Gasteiger partial charge in [0.2, 0.25) is 0 Å². The Balaban J connectivity index is 3.06. The normalized spacial score (nSPS) is 10.6. The molecular weight excluding hydrogens is 188 g/mol. The maximum Gasteiger partial charge on any atom is 0.262 e. The highest BCUT2D eigenvalue weighted by Crippen LogP contribution is 2.17. The van der Waals surface area contributed by atoms with Crippen molar-refractivity contribution < 1.29 is 0 Å². The average Bonchev–Trinajstić information content (AvgIpc) is 2.12. The third-order valence-electron chi connectivity index (χ3n) is 1.90. The first-order chi connectivity index (χ1) is 6.20. The molecule has 3 nitrogen and oxygen atoms in total. The van der Waals surface area contributed by atoms with Crippen LogP contribution < -0.4 is 5.56 Å². The molecule has 0 aliphatic heterocycles. The maximum absolute atomic E-state index is 11.6. The number of fused-ring (bicyclic) bond motifs is 1. The minimum atomic E-state index is -0.115. The summed E-state index contributed by atoms with van der Waals surface area (Å²) in [6.07, 6.45) is 1.49. The largest absolute Gasteiger partial charge is 0.302 e. The first-order valence-corrected chi connectivity index (χ1v) is 4.18. The second kappa shape index (κ2) is 2.85. The van der Waals surface area contributed by atoms with Crippen LogP contribution in [0.4, 0.5) is 0 Å². The third-order valence-corrected chi connectivity index (χ3v) is 2.21. The van der Waals surface area contributed by atoms with Crippen molar-refractivity contribution in [2.45, 2.75) is 0 Å². The van der Waals surface area contributed by atoms with E-state index in [0.717, 1.165) is 0 Å². The molecule has 13 heavy (non-hydrogen) atoms. The summed E-state index contributed by atoms with van der Waals surface area (Å²) in [4.78, 5) is 15.7. The summed E-state index contributed by atoms with van der Waals surface area (Å²) in [5.41, 5.74) is 0.520. The molecule has 0 bridgehead atoms. The minimum Gasteiger partial charge on any atom is -0.302 e. The van der Waals surface area contributed by atoms with Crippen LogP contribution in [-0.4, -0.2) is 9.55 Å². The topological polar surface area (TPSA) is 34.9 Å². The second-order valence-corrected chi connectivity index (χ2v) is 3.20. The predicted molar refractivity (Wildman–Crippen MR) is 52.0 cm³/mol. The molecule has 0 atom stereocenters. The summed E-state index contributed by atoms with van der Waals surface area (Å²) in [6.45, 7) is 0. The summed E-state index contributed by atoms with van der Waals surface area (Å²) in [5, 5.41) is 0.931. The highest BCUT2D eigenvalue weighted by atomic mass is 35.5. The number of hydrogen-bond donors (Lipinski definition) is 0. The molecule has 0 aliphatic rings. The Morgan fingerprint density at radius 3 is 3.00 bits per heavy atom. The van der Waals surface area contributed by atoms with Gasteiger partial charge in [0.1, 0.15) is 0 Å². The van der Waals surface area contributed by atoms with E-state index in [1.165, 1.54) is 10.9 Å². The zero-order chi connectivity index (χ0) is 9.42. The number of aryl methyl sites for hydroxylation is 1.